The Kier molecular flexibility index (Phi) is 4.04. The van der Waals surface area contributed by atoms with Crippen LogP contribution in [0.15, 0.2) is 53.4 Å². The van der Waals surface area contributed by atoms with Crippen LogP contribution in [0, 0.1) is 5.82 Å². The van der Waals surface area contributed by atoms with Crippen LogP contribution in [0.5, 0.6) is 0 Å². The first-order valence-electron chi connectivity index (χ1n) is 7.44. The van der Waals surface area contributed by atoms with E-state index in [9.17, 15) is 17.6 Å². The Bertz CT molecular complexity index is 875. The quantitative estimate of drug-likeness (QED) is 0.892. The van der Waals surface area contributed by atoms with Gasteiger partial charge in [-0.3, -0.25) is 0 Å². The summed E-state index contributed by atoms with van der Waals surface area (Å²) in [4.78, 5) is 12.4. The minimum Gasteiger partial charge on any atom is -0.328 e. The lowest BCUT2D eigenvalue weighted by molar-refractivity contribution is 0.247. The van der Waals surface area contributed by atoms with Crippen molar-refractivity contribution < 1.29 is 17.6 Å². The van der Waals surface area contributed by atoms with Crippen LogP contribution in [0.25, 0.3) is 0 Å². The van der Waals surface area contributed by atoms with Gasteiger partial charge in [0.2, 0.25) is 0 Å². The molecular weight excluding hydrogens is 331 g/mol. The predicted molar refractivity (Wildman–Crippen MR) is 89.0 cm³/mol. The fraction of sp³-hybridized carbons (Fsp3) is 0.235. The van der Waals surface area contributed by atoms with Gasteiger partial charge in [0.05, 0.1) is 10.4 Å². The summed E-state index contributed by atoms with van der Waals surface area (Å²) in [5, 5.41) is 5.45. The lowest BCUT2D eigenvalue weighted by Gasteiger charge is -2.19. The Morgan fingerprint density at radius 1 is 1.08 bits per heavy atom. The molecule has 5 nitrogen and oxygen atoms in total. The molecule has 126 valence electrons. The summed E-state index contributed by atoms with van der Waals surface area (Å²) in [6, 6.07) is 11.8. The van der Waals surface area contributed by atoms with E-state index in [0.717, 1.165) is 6.26 Å². The van der Waals surface area contributed by atoms with Gasteiger partial charge in [-0.15, -0.1) is 0 Å². The molecule has 1 saturated carbocycles. The normalized spacial score (nSPS) is 15.6. The maximum absolute atomic E-state index is 13.9. The average Bonchev–Trinajstić information content (AvgIpc) is 3.27. The van der Waals surface area contributed by atoms with Gasteiger partial charge >= 0.3 is 6.03 Å². The second-order valence-corrected chi connectivity index (χ2v) is 7.95. The molecule has 0 heterocycles. The summed E-state index contributed by atoms with van der Waals surface area (Å²) < 4.78 is 36.8. The van der Waals surface area contributed by atoms with Crippen LogP contribution in [0.2, 0.25) is 0 Å². The number of hydrogen-bond donors (Lipinski definition) is 2. The predicted octanol–water partition coefficient (Wildman–Crippen LogP) is 3.04. The van der Waals surface area contributed by atoms with Gasteiger partial charge in [-0.2, -0.15) is 0 Å². The molecule has 1 aliphatic rings. The van der Waals surface area contributed by atoms with Crippen molar-refractivity contribution in [2.24, 2.45) is 0 Å². The number of rotatable bonds is 4. The summed E-state index contributed by atoms with van der Waals surface area (Å²) in [6.45, 7) is 0. The summed E-state index contributed by atoms with van der Waals surface area (Å²) in [5.41, 5.74) is 0.277. The van der Waals surface area contributed by atoms with Gasteiger partial charge in [-0.05, 0) is 43.2 Å². The topological polar surface area (TPSA) is 75.3 Å². The molecule has 0 spiro atoms. The summed E-state index contributed by atoms with van der Waals surface area (Å²) in [7, 11) is -3.28. The molecule has 2 aromatic rings. The molecule has 0 unspecified atom stereocenters. The van der Waals surface area contributed by atoms with Gasteiger partial charge in [0.1, 0.15) is 5.82 Å². The van der Waals surface area contributed by atoms with E-state index in [1.165, 1.54) is 30.3 Å². The molecule has 0 bridgehead atoms. The highest BCUT2D eigenvalue weighted by atomic mass is 32.2. The third kappa shape index (κ3) is 3.41. The van der Waals surface area contributed by atoms with Crippen LogP contribution >= 0.6 is 0 Å². The molecule has 1 fully saturated rings. The Labute approximate surface area is 139 Å². The summed E-state index contributed by atoms with van der Waals surface area (Å²) in [6.07, 6.45) is 2.47. The van der Waals surface area contributed by atoms with E-state index in [1.54, 1.807) is 18.2 Å². The van der Waals surface area contributed by atoms with Gasteiger partial charge in [0.25, 0.3) is 0 Å². The molecule has 1 aliphatic carbocycles. The van der Waals surface area contributed by atoms with E-state index in [0.29, 0.717) is 24.1 Å². The van der Waals surface area contributed by atoms with Crippen molar-refractivity contribution in [2.45, 2.75) is 23.3 Å². The Morgan fingerprint density at radius 3 is 2.25 bits per heavy atom. The van der Waals surface area contributed by atoms with Crippen molar-refractivity contribution in [1.29, 1.82) is 0 Å². The van der Waals surface area contributed by atoms with E-state index in [1.807, 2.05) is 0 Å². The van der Waals surface area contributed by atoms with Gasteiger partial charge < -0.3 is 10.6 Å². The first-order chi connectivity index (χ1) is 11.3. The first kappa shape index (κ1) is 16.4. The van der Waals surface area contributed by atoms with Crippen molar-refractivity contribution in [1.82, 2.24) is 5.32 Å². The third-order valence-electron chi connectivity index (χ3n) is 4.03. The van der Waals surface area contributed by atoms with E-state index < -0.39 is 21.4 Å². The molecule has 0 aromatic heterocycles. The first-order valence-corrected chi connectivity index (χ1v) is 9.34. The number of carbonyl (C=O) groups excluding carboxylic acids is 1. The molecule has 0 saturated heterocycles. The average molecular weight is 348 g/mol. The van der Waals surface area contributed by atoms with Crippen molar-refractivity contribution in [2.75, 3.05) is 11.6 Å². The largest absolute Gasteiger partial charge is 0.328 e. The lowest BCUT2D eigenvalue weighted by atomic mass is 10.0. The Balaban J connectivity index is 1.69. The maximum atomic E-state index is 13.9. The van der Waals surface area contributed by atoms with Crippen LogP contribution in [0.3, 0.4) is 0 Å². The van der Waals surface area contributed by atoms with Crippen LogP contribution in [0.1, 0.15) is 18.4 Å². The summed E-state index contributed by atoms with van der Waals surface area (Å²) >= 11 is 0. The van der Waals surface area contributed by atoms with Gasteiger partial charge in [0.15, 0.2) is 9.84 Å². The standard InChI is InChI=1S/C17H17FN2O3S/c1-24(22,23)13-8-6-12(7-9-13)19-16(21)20-17(10-11-17)14-4-2-3-5-15(14)18/h2-9H,10-11H2,1H3,(H2,19,20,21). The van der Waals surface area contributed by atoms with Crippen LogP contribution in [-0.2, 0) is 15.4 Å². The number of sulfone groups is 1. The molecule has 0 aliphatic heterocycles. The number of carbonyl (C=O) groups is 1. The van der Waals surface area contributed by atoms with Crippen molar-refractivity contribution in [3.05, 3.63) is 59.9 Å². The van der Waals surface area contributed by atoms with Gasteiger partial charge in [0, 0.05) is 17.5 Å². The highest BCUT2D eigenvalue weighted by Crippen LogP contribution is 2.46. The number of nitrogens with one attached hydrogen (secondary N) is 2. The molecule has 0 atom stereocenters. The maximum Gasteiger partial charge on any atom is 0.319 e. The number of halogens is 1. The fourth-order valence-electron chi connectivity index (χ4n) is 2.60. The van der Waals surface area contributed by atoms with Crippen molar-refractivity contribution >= 4 is 21.6 Å². The molecule has 7 heteroatoms. The van der Waals surface area contributed by atoms with Crippen molar-refractivity contribution in [3.8, 4) is 0 Å². The van der Waals surface area contributed by atoms with Crippen LogP contribution in [0.4, 0.5) is 14.9 Å². The molecular formula is C17H17FN2O3S. The number of amides is 2. The van der Waals surface area contributed by atoms with E-state index in [4.69, 9.17) is 0 Å². The second-order valence-electron chi connectivity index (χ2n) is 5.94. The number of anilines is 1. The van der Waals surface area contributed by atoms with Crippen LogP contribution in [-0.4, -0.2) is 20.7 Å². The zero-order chi connectivity index (χ0) is 17.4. The minimum absolute atomic E-state index is 0.179. The monoisotopic (exact) mass is 348 g/mol. The highest BCUT2D eigenvalue weighted by molar-refractivity contribution is 7.90. The zero-order valence-electron chi connectivity index (χ0n) is 13.0. The third-order valence-corrected chi connectivity index (χ3v) is 5.16. The van der Waals surface area contributed by atoms with E-state index in [-0.39, 0.29) is 10.7 Å². The van der Waals surface area contributed by atoms with Gasteiger partial charge in [-0.1, -0.05) is 18.2 Å². The molecule has 2 N–H and O–H groups in total. The molecule has 2 aromatic carbocycles. The molecule has 0 radical (unpaired) electrons. The zero-order valence-corrected chi connectivity index (χ0v) is 13.9. The summed E-state index contributed by atoms with van der Waals surface area (Å²) in [5.74, 6) is -0.340. The molecule has 24 heavy (non-hydrogen) atoms. The Hall–Kier alpha value is -2.41. The molecule has 3 rings (SSSR count). The van der Waals surface area contributed by atoms with E-state index >= 15 is 0 Å². The lowest BCUT2D eigenvalue weighted by Crippen LogP contribution is -2.38. The number of urea groups is 1. The number of benzene rings is 2. The SMILES string of the molecule is CS(=O)(=O)c1ccc(NC(=O)NC2(c3ccccc3F)CC2)cc1. The molecule has 2 amide bonds. The van der Waals surface area contributed by atoms with Gasteiger partial charge in [-0.25, -0.2) is 17.6 Å². The van der Waals surface area contributed by atoms with Crippen molar-refractivity contribution in [3.63, 3.8) is 0 Å². The minimum atomic E-state index is -3.28. The highest BCUT2D eigenvalue weighted by Gasteiger charge is 2.47. The van der Waals surface area contributed by atoms with E-state index in [2.05, 4.69) is 10.6 Å². The fourth-order valence-corrected chi connectivity index (χ4v) is 3.23. The second kappa shape index (κ2) is 5.90. The number of hydrogen-bond acceptors (Lipinski definition) is 3. The Morgan fingerprint density at radius 2 is 1.71 bits per heavy atom. The smallest absolute Gasteiger partial charge is 0.319 e. The van der Waals surface area contributed by atoms with Crippen LogP contribution < -0.4 is 10.6 Å².